The Hall–Kier alpha value is -2.84. The van der Waals surface area contributed by atoms with Crippen LogP contribution in [0.25, 0.3) is 0 Å². The van der Waals surface area contributed by atoms with Crippen LogP contribution in [0.1, 0.15) is 62.4 Å². The Morgan fingerprint density at radius 3 is 2.31 bits per heavy atom. The highest BCUT2D eigenvalue weighted by Crippen LogP contribution is 2.29. The van der Waals surface area contributed by atoms with Crippen LogP contribution in [0, 0.1) is 0 Å². The molecule has 0 aliphatic carbocycles. The van der Waals surface area contributed by atoms with Gasteiger partial charge in [0.2, 0.25) is 12.8 Å². The molecule has 0 saturated heterocycles. The molecule has 0 radical (unpaired) electrons. The lowest BCUT2D eigenvalue weighted by atomic mass is 9.92. The molecule has 0 spiro atoms. The Bertz CT molecular complexity index is 745. The highest BCUT2D eigenvalue weighted by atomic mass is 19.3. The number of alkyl halides is 2. The third kappa shape index (κ3) is 7.24. The predicted molar refractivity (Wildman–Crippen MR) is 101 cm³/mol. The van der Waals surface area contributed by atoms with E-state index >= 15 is 0 Å². The van der Waals surface area contributed by atoms with E-state index in [1.807, 2.05) is 0 Å². The molecule has 0 fully saturated rings. The minimum absolute atomic E-state index is 0.0514. The van der Waals surface area contributed by atoms with Crippen molar-refractivity contribution in [3.8, 4) is 0 Å². The summed E-state index contributed by atoms with van der Waals surface area (Å²) in [5, 5.41) is 0. The summed E-state index contributed by atoms with van der Waals surface area (Å²) in [6.45, 7) is 6.50. The van der Waals surface area contributed by atoms with Crippen molar-refractivity contribution >= 4 is 30.4 Å². The maximum Gasteiger partial charge on any atom is 0.421 e. The van der Waals surface area contributed by atoms with Crippen LogP contribution in [0.2, 0.25) is 0 Å². The second kappa shape index (κ2) is 10.6. The van der Waals surface area contributed by atoms with Crippen LogP contribution in [0.3, 0.4) is 0 Å². The molecule has 0 aliphatic heterocycles. The van der Waals surface area contributed by atoms with E-state index in [-0.39, 0.29) is 36.3 Å². The second-order valence-electron chi connectivity index (χ2n) is 7.16. The lowest BCUT2D eigenvalue weighted by molar-refractivity contribution is -0.145. The summed E-state index contributed by atoms with van der Waals surface area (Å²) in [5.74, 6) is -1.71. The minimum atomic E-state index is -2.60. The van der Waals surface area contributed by atoms with Crippen molar-refractivity contribution in [2.45, 2.75) is 58.5 Å². The fourth-order valence-corrected chi connectivity index (χ4v) is 2.57. The lowest BCUT2D eigenvalue weighted by Crippen LogP contribution is -2.36. The summed E-state index contributed by atoms with van der Waals surface area (Å²) in [6.07, 6.45) is -3.69. The number of carbonyl (C=O) groups excluding carboxylic acids is 4. The fraction of sp³-hybridized carbons (Fsp3) is 0.500. The van der Waals surface area contributed by atoms with E-state index < -0.39 is 36.4 Å². The van der Waals surface area contributed by atoms with Gasteiger partial charge in [-0.3, -0.25) is 14.4 Å². The van der Waals surface area contributed by atoms with Crippen molar-refractivity contribution in [2.24, 2.45) is 0 Å². The van der Waals surface area contributed by atoms with Gasteiger partial charge in [-0.1, -0.05) is 6.07 Å². The second-order valence-corrected chi connectivity index (χ2v) is 7.16. The summed E-state index contributed by atoms with van der Waals surface area (Å²) in [5.41, 5.74) is -0.731. The zero-order valence-electron chi connectivity index (χ0n) is 16.8. The first-order valence-electron chi connectivity index (χ1n) is 9.05. The van der Waals surface area contributed by atoms with E-state index in [1.165, 1.54) is 18.2 Å². The molecule has 1 atom stereocenters. The number of hydrogen-bond donors (Lipinski definition) is 0. The van der Waals surface area contributed by atoms with Gasteiger partial charge in [-0.25, -0.2) is 18.5 Å². The number of esters is 1. The smallest absolute Gasteiger partial charge is 0.421 e. The number of rotatable bonds is 9. The van der Waals surface area contributed by atoms with E-state index in [0.29, 0.717) is 11.2 Å². The summed E-state index contributed by atoms with van der Waals surface area (Å²) < 4.78 is 35.4. The van der Waals surface area contributed by atoms with Crippen molar-refractivity contribution < 1.29 is 37.4 Å². The van der Waals surface area contributed by atoms with Gasteiger partial charge in [-0.2, -0.15) is 0 Å². The fourth-order valence-electron chi connectivity index (χ4n) is 2.57. The van der Waals surface area contributed by atoms with E-state index in [0.717, 1.165) is 0 Å². The molecule has 1 rings (SSSR count). The van der Waals surface area contributed by atoms with Gasteiger partial charge in [-0.05, 0) is 51.8 Å². The summed E-state index contributed by atoms with van der Waals surface area (Å²) in [4.78, 5) is 48.1. The van der Waals surface area contributed by atoms with Gasteiger partial charge in [0.1, 0.15) is 5.60 Å². The van der Waals surface area contributed by atoms with Gasteiger partial charge < -0.3 is 9.47 Å². The first-order valence-corrected chi connectivity index (χ1v) is 9.05. The largest absolute Gasteiger partial charge is 0.466 e. The zero-order valence-corrected chi connectivity index (χ0v) is 16.8. The molecule has 2 amide bonds. The molecular formula is C20H25F2NO6. The molecule has 29 heavy (non-hydrogen) atoms. The first-order chi connectivity index (χ1) is 13.5. The molecule has 0 bridgehead atoms. The average molecular weight is 413 g/mol. The van der Waals surface area contributed by atoms with Gasteiger partial charge >= 0.3 is 12.1 Å². The number of nitrogens with zero attached hydrogens (tertiary/aromatic N) is 1. The van der Waals surface area contributed by atoms with Gasteiger partial charge in [0.25, 0.3) is 0 Å². The first kappa shape index (κ1) is 24.2. The Balaban J connectivity index is 3.29. The molecule has 0 heterocycles. The SMILES string of the molecule is CCOC(=O)C(CCC(F)F)c1ccc(N(C=O)C(=O)OC(C)(C)C)c(C=O)c1. The van der Waals surface area contributed by atoms with Crippen LogP contribution < -0.4 is 4.90 Å². The molecule has 0 aliphatic rings. The Morgan fingerprint density at radius 2 is 1.83 bits per heavy atom. The normalized spacial score (nSPS) is 12.2. The molecule has 1 aromatic carbocycles. The number of benzene rings is 1. The van der Waals surface area contributed by atoms with E-state index in [2.05, 4.69) is 0 Å². The molecule has 7 nitrogen and oxygen atoms in total. The molecule has 0 N–H and O–H groups in total. The van der Waals surface area contributed by atoms with Crippen LogP contribution >= 0.6 is 0 Å². The third-order valence-electron chi connectivity index (χ3n) is 3.78. The summed E-state index contributed by atoms with van der Waals surface area (Å²) in [7, 11) is 0. The van der Waals surface area contributed by atoms with E-state index in [9.17, 15) is 28.0 Å². The predicted octanol–water partition coefficient (Wildman–Crippen LogP) is 4.09. The Morgan fingerprint density at radius 1 is 1.17 bits per heavy atom. The number of aldehydes is 1. The Labute approximate surface area is 168 Å². The monoisotopic (exact) mass is 413 g/mol. The molecular weight excluding hydrogens is 388 g/mol. The number of imide groups is 1. The highest BCUT2D eigenvalue weighted by Gasteiger charge is 2.28. The maximum atomic E-state index is 12.6. The standard InChI is InChI=1S/C20H25F2NO6/c1-5-28-18(26)15(7-9-17(21)22)13-6-8-16(14(10-13)11-24)23(12-25)19(27)29-20(2,3)4/h6,8,10-12,15,17H,5,7,9H2,1-4H3. The van der Waals surface area contributed by atoms with Crippen LogP contribution in [0.5, 0.6) is 0 Å². The molecule has 0 saturated carbocycles. The minimum Gasteiger partial charge on any atom is -0.466 e. The van der Waals surface area contributed by atoms with Crippen molar-refractivity contribution in [1.29, 1.82) is 0 Å². The third-order valence-corrected chi connectivity index (χ3v) is 3.78. The van der Waals surface area contributed by atoms with Crippen LogP contribution in [-0.4, -0.2) is 43.4 Å². The number of carbonyl (C=O) groups is 4. The molecule has 0 aromatic heterocycles. The maximum absolute atomic E-state index is 12.6. The average Bonchev–Trinajstić information content (AvgIpc) is 2.61. The van der Waals surface area contributed by atoms with Crippen molar-refractivity contribution in [1.82, 2.24) is 0 Å². The Kier molecular flexibility index (Phi) is 8.87. The van der Waals surface area contributed by atoms with Crippen molar-refractivity contribution in [3.63, 3.8) is 0 Å². The number of amides is 2. The molecule has 1 aromatic rings. The van der Waals surface area contributed by atoms with Crippen LogP contribution in [0.4, 0.5) is 19.3 Å². The zero-order chi connectivity index (χ0) is 22.2. The number of ether oxygens (including phenoxy) is 2. The lowest BCUT2D eigenvalue weighted by Gasteiger charge is -2.25. The molecule has 9 heteroatoms. The van der Waals surface area contributed by atoms with Gasteiger partial charge in [0.05, 0.1) is 18.2 Å². The van der Waals surface area contributed by atoms with Crippen molar-refractivity contribution in [2.75, 3.05) is 11.5 Å². The van der Waals surface area contributed by atoms with E-state index in [4.69, 9.17) is 9.47 Å². The van der Waals surface area contributed by atoms with Gasteiger partial charge in [-0.15, -0.1) is 0 Å². The van der Waals surface area contributed by atoms with Gasteiger partial charge in [0.15, 0.2) is 6.29 Å². The topological polar surface area (TPSA) is 90.0 Å². The number of halogens is 2. The quantitative estimate of drug-likeness (QED) is 0.447. The molecule has 1 unspecified atom stereocenters. The van der Waals surface area contributed by atoms with E-state index in [1.54, 1.807) is 27.7 Å². The van der Waals surface area contributed by atoms with Crippen molar-refractivity contribution in [3.05, 3.63) is 29.3 Å². The molecule has 160 valence electrons. The number of hydrogen-bond acceptors (Lipinski definition) is 6. The highest BCUT2D eigenvalue weighted by molar-refractivity contribution is 6.07. The van der Waals surface area contributed by atoms with Crippen LogP contribution in [0.15, 0.2) is 18.2 Å². The number of anilines is 1. The summed E-state index contributed by atoms with van der Waals surface area (Å²) in [6, 6.07) is 3.94. The van der Waals surface area contributed by atoms with Crippen LogP contribution in [-0.2, 0) is 19.1 Å². The summed E-state index contributed by atoms with van der Waals surface area (Å²) >= 11 is 0. The van der Waals surface area contributed by atoms with Gasteiger partial charge in [0, 0.05) is 12.0 Å².